The number of hydrogen-bond donors (Lipinski definition) is 0. The number of para-hydroxylation sites is 1. The van der Waals surface area contributed by atoms with E-state index in [1.807, 2.05) is 0 Å². The van der Waals surface area contributed by atoms with E-state index in [0.717, 1.165) is 11.9 Å². The Morgan fingerprint density at radius 1 is 0.704 bits per heavy atom. The molecule has 0 aliphatic carbocycles. The summed E-state index contributed by atoms with van der Waals surface area (Å²) >= 11 is 0. The lowest BCUT2D eigenvalue weighted by atomic mass is 10.1. The summed E-state index contributed by atoms with van der Waals surface area (Å²) in [5.41, 5.74) is 4.17. The Kier molecular flexibility index (Phi) is 4.91. The summed E-state index contributed by atoms with van der Waals surface area (Å²) in [4.78, 5) is 4.97. The van der Waals surface area contributed by atoms with Gasteiger partial charge in [0.15, 0.2) is 0 Å². The number of rotatable bonds is 5. The number of pyridine rings is 1. The molecule has 1 atom stereocenters. The van der Waals surface area contributed by atoms with Crippen LogP contribution in [0.15, 0.2) is 97.1 Å². The van der Waals surface area contributed by atoms with Gasteiger partial charge >= 0.3 is 0 Å². The minimum atomic E-state index is -1.74. The Bertz CT molecular complexity index is 1030. The highest BCUT2D eigenvalue weighted by molar-refractivity contribution is 6.90. The molecule has 1 aromatic heterocycles. The summed E-state index contributed by atoms with van der Waals surface area (Å²) in [5.74, 6) is 0. The summed E-state index contributed by atoms with van der Waals surface area (Å²) in [6, 6.07) is 34.8. The van der Waals surface area contributed by atoms with Gasteiger partial charge in [0.05, 0.1) is 13.6 Å². The van der Waals surface area contributed by atoms with Crippen molar-refractivity contribution in [2.75, 3.05) is 0 Å². The van der Waals surface area contributed by atoms with E-state index < -0.39 is 8.07 Å². The normalized spacial score (nSPS) is 12.8. The quantitative estimate of drug-likeness (QED) is 0.411. The maximum Gasteiger partial charge on any atom is 0.0883 e. The van der Waals surface area contributed by atoms with Gasteiger partial charge in [0.1, 0.15) is 0 Å². The first-order chi connectivity index (χ1) is 13.1. The monoisotopic (exact) mass is 367 g/mol. The SMILES string of the molecule is C[Si](C)(c1ccccc1)C(Cc1ccc2ccccc2n1)c1ccccc1. The van der Waals surface area contributed by atoms with Crippen LogP contribution in [0, 0.1) is 0 Å². The summed E-state index contributed by atoms with van der Waals surface area (Å²) in [6.45, 7) is 4.97. The lowest BCUT2D eigenvalue weighted by molar-refractivity contribution is 0.856. The topological polar surface area (TPSA) is 12.9 Å². The second kappa shape index (κ2) is 7.49. The number of aromatic nitrogens is 1. The fraction of sp³-hybridized carbons (Fsp3) is 0.160. The summed E-state index contributed by atoms with van der Waals surface area (Å²) in [6.07, 6.45) is 0.975. The van der Waals surface area contributed by atoms with Crippen LogP contribution in [0.4, 0.5) is 0 Å². The van der Waals surface area contributed by atoms with Gasteiger partial charge in [0, 0.05) is 11.1 Å². The fourth-order valence-electron chi connectivity index (χ4n) is 3.97. The minimum absolute atomic E-state index is 0.481. The number of nitrogens with zero attached hydrogens (tertiary/aromatic N) is 1. The minimum Gasteiger partial charge on any atom is -0.253 e. The van der Waals surface area contributed by atoms with Gasteiger partial charge in [-0.25, -0.2) is 0 Å². The Morgan fingerprint density at radius 3 is 2.07 bits per heavy atom. The van der Waals surface area contributed by atoms with E-state index in [1.165, 1.54) is 21.8 Å². The molecule has 134 valence electrons. The molecule has 0 spiro atoms. The lowest BCUT2D eigenvalue weighted by Gasteiger charge is -2.33. The highest BCUT2D eigenvalue weighted by Crippen LogP contribution is 2.30. The van der Waals surface area contributed by atoms with Crippen molar-refractivity contribution in [2.45, 2.75) is 25.1 Å². The van der Waals surface area contributed by atoms with E-state index >= 15 is 0 Å². The highest BCUT2D eigenvalue weighted by atomic mass is 28.3. The van der Waals surface area contributed by atoms with Crippen LogP contribution >= 0.6 is 0 Å². The van der Waals surface area contributed by atoms with Crippen LogP contribution in [0.2, 0.25) is 13.1 Å². The predicted octanol–water partition coefficient (Wildman–Crippen LogP) is 5.72. The van der Waals surface area contributed by atoms with Crippen molar-refractivity contribution >= 4 is 24.2 Å². The molecule has 2 heteroatoms. The Morgan fingerprint density at radius 2 is 1.33 bits per heavy atom. The first kappa shape index (κ1) is 17.7. The molecule has 1 nitrogen and oxygen atoms in total. The standard InChI is InChI=1S/C25H25NSi/c1-27(2,23-14-7-4-8-15-23)25(21-12-5-3-6-13-21)19-22-18-17-20-11-9-10-16-24(20)26-22/h3-18,25H,19H2,1-2H3. The van der Waals surface area contributed by atoms with Crippen LogP contribution in [0.5, 0.6) is 0 Å². The zero-order chi connectivity index (χ0) is 18.7. The summed E-state index contributed by atoms with van der Waals surface area (Å²) in [5, 5.41) is 2.71. The molecular weight excluding hydrogens is 342 g/mol. The molecule has 0 bridgehead atoms. The third kappa shape index (κ3) is 3.72. The number of fused-ring (bicyclic) bond motifs is 1. The van der Waals surface area contributed by atoms with Crippen LogP contribution < -0.4 is 5.19 Å². The number of hydrogen-bond acceptors (Lipinski definition) is 1. The molecule has 4 rings (SSSR count). The predicted molar refractivity (Wildman–Crippen MR) is 118 cm³/mol. The van der Waals surface area contributed by atoms with Gasteiger partial charge < -0.3 is 0 Å². The molecule has 0 aliphatic rings. The number of benzene rings is 3. The maximum atomic E-state index is 4.97. The molecule has 0 radical (unpaired) electrons. The van der Waals surface area contributed by atoms with Gasteiger partial charge in [-0.15, -0.1) is 0 Å². The van der Waals surface area contributed by atoms with Crippen molar-refractivity contribution in [1.82, 2.24) is 4.98 Å². The second-order valence-corrected chi connectivity index (χ2v) is 12.5. The van der Waals surface area contributed by atoms with E-state index in [4.69, 9.17) is 4.98 Å². The molecular formula is C25H25NSi. The van der Waals surface area contributed by atoms with Crippen LogP contribution in [-0.4, -0.2) is 13.1 Å². The van der Waals surface area contributed by atoms with E-state index in [9.17, 15) is 0 Å². The molecule has 1 heterocycles. The van der Waals surface area contributed by atoms with Gasteiger partial charge in [-0.2, -0.15) is 0 Å². The van der Waals surface area contributed by atoms with Gasteiger partial charge in [-0.05, 0) is 29.7 Å². The smallest absolute Gasteiger partial charge is 0.0883 e. The van der Waals surface area contributed by atoms with E-state index in [-0.39, 0.29) is 0 Å². The van der Waals surface area contributed by atoms with Crippen molar-refractivity contribution in [2.24, 2.45) is 0 Å². The third-order valence-electron chi connectivity index (χ3n) is 5.66. The van der Waals surface area contributed by atoms with Crippen LogP contribution in [0.1, 0.15) is 16.8 Å². The van der Waals surface area contributed by atoms with Crippen molar-refractivity contribution < 1.29 is 0 Å². The lowest BCUT2D eigenvalue weighted by Crippen LogP contribution is -2.48. The van der Waals surface area contributed by atoms with Gasteiger partial charge in [-0.3, -0.25) is 4.98 Å². The Labute approximate surface area is 162 Å². The van der Waals surface area contributed by atoms with Crippen LogP contribution in [-0.2, 0) is 6.42 Å². The molecule has 0 aliphatic heterocycles. The summed E-state index contributed by atoms with van der Waals surface area (Å²) < 4.78 is 0. The molecule has 0 saturated carbocycles. The molecule has 0 saturated heterocycles. The van der Waals surface area contributed by atoms with Crippen LogP contribution in [0.25, 0.3) is 10.9 Å². The zero-order valence-electron chi connectivity index (χ0n) is 16.0. The molecule has 0 fully saturated rings. The largest absolute Gasteiger partial charge is 0.253 e. The average molecular weight is 368 g/mol. The second-order valence-electron chi connectivity index (χ2n) is 7.75. The van der Waals surface area contributed by atoms with E-state index in [2.05, 4.69) is 110 Å². The molecule has 1 unspecified atom stereocenters. The molecule has 4 aromatic rings. The van der Waals surface area contributed by atoms with E-state index in [1.54, 1.807) is 0 Å². The third-order valence-corrected chi connectivity index (χ3v) is 9.76. The average Bonchev–Trinajstić information content (AvgIpc) is 2.73. The van der Waals surface area contributed by atoms with E-state index in [0.29, 0.717) is 5.54 Å². The zero-order valence-corrected chi connectivity index (χ0v) is 17.0. The Balaban J connectivity index is 1.76. The maximum absolute atomic E-state index is 4.97. The summed E-state index contributed by atoms with van der Waals surface area (Å²) in [7, 11) is -1.74. The first-order valence-electron chi connectivity index (χ1n) is 9.60. The molecule has 0 amide bonds. The highest BCUT2D eigenvalue weighted by Gasteiger charge is 2.35. The molecule has 0 N–H and O–H groups in total. The van der Waals surface area contributed by atoms with Crippen molar-refractivity contribution in [1.29, 1.82) is 0 Å². The Hall–Kier alpha value is -2.71. The van der Waals surface area contributed by atoms with Crippen LogP contribution in [0.3, 0.4) is 0 Å². The molecule has 3 aromatic carbocycles. The van der Waals surface area contributed by atoms with Crippen molar-refractivity contribution in [3.8, 4) is 0 Å². The van der Waals surface area contributed by atoms with Crippen molar-refractivity contribution in [3.05, 3.63) is 108 Å². The van der Waals surface area contributed by atoms with Gasteiger partial charge in [0.2, 0.25) is 0 Å². The first-order valence-corrected chi connectivity index (χ1v) is 12.7. The van der Waals surface area contributed by atoms with Gasteiger partial charge in [0.25, 0.3) is 0 Å². The van der Waals surface area contributed by atoms with Crippen molar-refractivity contribution in [3.63, 3.8) is 0 Å². The van der Waals surface area contributed by atoms with Gasteiger partial charge in [-0.1, -0.05) is 103 Å². The molecule has 27 heavy (non-hydrogen) atoms. The fourth-order valence-corrected chi connectivity index (χ4v) is 7.17.